The highest BCUT2D eigenvalue weighted by Gasteiger charge is 2.31. The van der Waals surface area contributed by atoms with Crippen molar-refractivity contribution in [3.8, 4) is 0 Å². The Morgan fingerprint density at radius 3 is 2.04 bits per heavy atom. The van der Waals surface area contributed by atoms with Gasteiger partial charge >= 0.3 is 6.18 Å². The van der Waals surface area contributed by atoms with Crippen LogP contribution in [0.5, 0.6) is 0 Å². The first-order valence-corrected chi connectivity index (χ1v) is 10.6. The molecule has 1 aliphatic heterocycles. The highest BCUT2D eigenvalue weighted by Crippen LogP contribution is 2.30. The summed E-state index contributed by atoms with van der Waals surface area (Å²) in [5.74, 6) is 0. The average molecular weight is 463 g/mol. The van der Waals surface area contributed by atoms with E-state index >= 15 is 0 Å². The van der Waals surface area contributed by atoms with E-state index in [-0.39, 0.29) is 10.9 Å². The quantitative estimate of drug-likeness (QED) is 0.713. The lowest BCUT2D eigenvalue weighted by atomic mass is 10.1. The monoisotopic (exact) mass is 462 g/mol. The van der Waals surface area contributed by atoms with Crippen molar-refractivity contribution in [2.45, 2.75) is 30.0 Å². The molecule has 2 aromatic rings. The van der Waals surface area contributed by atoms with E-state index in [1.807, 2.05) is 0 Å². The highest BCUT2D eigenvalue weighted by molar-refractivity contribution is 9.10. The number of halogens is 4. The Morgan fingerprint density at radius 2 is 1.52 bits per heavy atom. The molecule has 1 saturated heterocycles. The van der Waals surface area contributed by atoms with Crippen LogP contribution in [0.25, 0.3) is 0 Å². The number of hydrogen-bond acceptors (Lipinski definition) is 3. The maximum Gasteiger partial charge on any atom is 0.416 e. The number of benzene rings is 2. The summed E-state index contributed by atoms with van der Waals surface area (Å²) in [5.41, 5.74) is -0.0966. The predicted molar refractivity (Wildman–Crippen MR) is 101 cm³/mol. The summed E-state index contributed by atoms with van der Waals surface area (Å²) in [5, 5.41) is 3.18. The molecule has 2 aromatic carbocycles. The maximum absolute atomic E-state index is 12.7. The first kappa shape index (κ1) is 20.2. The zero-order chi connectivity index (χ0) is 19.7. The molecule has 0 saturated carbocycles. The zero-order valence-electron chi connectivity index (χ0n) is 14.2. The molecule has 1 heterocycles. The Bertz CT molecular complexity index is 876. The molecule has 0 unspecified atom stereocenters. The second-order valence-electron chi connectivity index (χ2n) is 6.35. The fourth-order valence-corrected chi connectivity index (χ4v) is 4.72. The van der Waals surface area contributed by atoms with Gasteiger partial charge in [0.15, 0.2) is 0 Å². The van der Waals surface area contributed by atoms with Crippen LogP contribution < -0.4 is 5.32 Å². The molecule has 3 rings (SSSR count). The third-order valence-corrected chi connectivity index (χ3v) is 6.93. The summed E-state index contributed by atoms with van der Waals surface area (Å²) < 4.78 is 65.4. The number of piperidine rings is 1. The molecule has 0 radical (unpaired) electrons. The van der Waals surface area contributed by atoms with Gasteiger partial charge in [-0.1, -0.05) is 15.9 Å². The molecule has 0 aromatic heterocycles. The van der Waals surface area contributed by atoms with E-state index in [1.165, 1.54) is 16.4 Å². The number of rotatable bonds is 4. The van der Waals surface area contributed by atoms with E-state index in [1.54, 1.807) is 24.3 Å². The van der Waals surface area contributed by atoms with Crippen LogP contribution in [0.1, 0.15) is 18.4 Å². The minimum absolute atomic E-state index is 0.0121. The molecule has 0 atom stereocenters. The molecule has 4 nitrogen and oxygen atoms in total. The van der Waals surface area contributed by atoms with Crippen LogP contribution in [0, 0.1) is 0 Å². The molecule has 146 valence electrons. The van der Waals surface area contributed by atoms with Crippen LogP contribution in [0.3, 0.4) is 0 Å². The van der Waals surface area contributed by atoms with Gasteiger partial charge < -0.3 is 5.32 Å². The van der Waals surface area contributed by atoms with Crippen LogP contribution in [-0.4, -0.2) is 31.9 Å². The fraction of sp³-hybridized carbons (Fsp3) is 0.333. The highest BCUT2D eigenvalue weighted by atomic mass is 79.9. The van der Waals surface area contributed by atoms with Gasteiger partial charge in [0.25, 0.3) is 0 Å². The summed E-state index contributed by atoms with van der Waals surface area (Å²) in [4.78, 5) is 0.250. The Labute approximate surface area is 164 Å². The Morgan fingerprint density at radius 1 is 0.963 bits per heavy atom. The SMILES string of the molecule is O=S(=O)(c1ccc(Br)cc1)N1CCC(Nc2ccc(C(F)(F)F)cc2)CC1. The van der Waals surface area contributed by atoms with E-state index < -0.39 is 21.8 Å². The molecule has 0 aliphatic carbocycles. The van der Waals surface area contributed by atoms with Gasteiger partial charge in [0.05, 0.1) is 10.5 Å². The fourth-order valence-electron chi connectivity index (χ4n) is 2.99. The van der Waals surface area contributed by atoms with Crippen molar-refractivity contribution in [1.82, 2.24) is 4.31 Å². The molecule has 27 heavy (non-hydrogen) atoms. The van der Waals surface area contributed by atoms with Crippen LogP contribution in [0.4, 0.5) is 18.9 Å². The van der Waals surface area contributed by atoms with Crippen LogP contribution >= 0.6 is 15.9 Å². The Hall–Kier alpha value is -1.58. The summed E-state index contributed by atoms with van der Waals surface area (Å²) in [6, 6.07) is 11.4. The van der Waals surface area contributed by atoms with Gasteiger partial charge in [-0.2, -0.15) is 17.5 Å². The van der Waals surface area contributed by atoms with Gasteiger partial charge in [-0.3, -0.25) is 0 Å². The van der Waals surface area contributed by atoms with Crippen molar-refractivity contribution in [2.24, 2.45) is 0 Å². The standard InChI is InChI=1S/C18H18BrF3N2O2S/c19-14-3-7-17(8-4-14)27(25,26)24-11-9-16(10-12-24)23-15-5-1-13(2-6-15)18(20,21)22/h1-8,16,23H,9-12H2. The molecule has 0 amide bonds. The lowest BCUT2D eigenvalue weighted by Gasteiger charge is -2.32. The molecule has 1 N–H and O–H groups in total. The first-order chi connectivity index (χ1) is 12.7. The number of alkyl halides is 3. The number of nitrogens with one attached hydrogen (secondary N) is 1. The third-order valence-electron chi connectivity index (χ3n) is 4.49. The van der Waals surface area contributed by atoms with Gasteiger partial charge in [-0.15, -0.1) is 0 Å². The van der Waals surface area contributed by atoms with Crippen molar-refractivity contribution < 1.29 is 21.6 Å². The van der Waals surface area contributed by atoms with Crippen molar-refractivity contribution in [1.29, 1.82) is 0 Å². The van der Waals surface area contributed by atoms with Gasteiger partial charge in [-0.25, -0.2) is 8.42 Å². The van der Waals surface area contributed by atoms with E-state index in [2.05, 4.69) is 21.2 Å². The largest absolute Gasteiger partial charge is 0.416 e. The van der Waals surface area contributed by atoms with Crippen LogP contribution in [-0.2, 0) is 16.2 Å². The van der Waals surface area contributed by atoms with Crippen LogP contribution in [0.2, 0.25) is 0 Å². The van der Waals surface area contributed by atoms with Crippen LogP contribution in [0.15, 0.2) is 57.9 Å². The lowest BCUT2D eigenvalue weighted by molar-refractivity contribution is -0.137. The Kier molecular flexibility index (Phi) is 5.83. The first-order valence-electron chi connectivity index (χ1n) is 8.36. The molecular weight excluding hydrogens is 445 g/mol. The minimum atomic E-state index is -4.36. The van der Waals surface area contributed by atoms with E-state index in [4.69, 9.17) is 0 Å². The summed E-state index contributed by atoms with van der Waals surface area (Å²) in [6.45, 7) is 0.716. The van der Waals surface area contributed by atoms with Gasteiger partial charge in [0, 0.05) is 29.3 Å². The number of hydrogen-bond donors (Lipinski definition) is 1. The Balaban J connectivity index is 1.59. The van der Waals surface area contributed by atoms with Gasteiger partial charge in [0.1, 0.15) is 0 Å². The van der Waals surface area contributed by atoms with Crippen molar-refractivity contribution in [2.75, 3.05) is 18.4 Å². The summed E-state index contributed by atoms with van der Waals surface area (Å²) >= 11 is 3.28. The van der Waals surface area contributed by atoms with Gasteiger partial charge in [-0.05, 0) is 61.4 Å². The van der Waals surface area contributed by atoms with Crippen molar-refractivity contribution >= 4 is 31.6 Å². The van der Waals surface area contributed by atoms with E-state index in [0.717, 1.165) is 16.6 Å². The third kappa shape index (κ3) is 4.83. The molecule has 0 bridgehead atoms. The number of anilines is 1. The normalized spacial score (nSPS) is 17.0. The molecular formula is C18H18BrF3N2O2S. The van der Waals surface area contributed by atoms with Crippen molar-refractivity contribution in [3.63, 3.8) is 0 Å². The lowest BCUT2D eigenvalue weighted by Crippen LogP contribution is -2.42. The van der Waals surface area contributed by atoms with E-state index in [9.17, 15) is 21.6 Å². The van der Waals surface area contributed by atoms with E-state index in [0.29, 0.717) is 31.6 Å². The summed E-state index contributed by atoms with van der Waals surface area (Å²) in [6.07, 6.45) is -3.20. The average Bonchev–Trinajstić information content (AvgIpc) is 2.62. The smallest absolute Gasteiger partial charge is 0.382 e. The topological polar surface area (TPSA) is 49.4 Å². The molecule has 1 fully saturated rings. The predicted octanol–water partition coefficient (Wildman–Crippen LogP) is 4.73. The molecule has 9 heteroatoms. The second kappa shape index (κ2) is 7.81. The number of sulfonamides is 1. The van der Waals surface area contributed by atoms with Crippen molar-refractivity contribution in [3.05, 3.63) is 58.6 Å². The molecule has 1 aliphatic rings. The van der Waals surface area contributed by atoms with Gasteiger partial charge in [0.2, 0.25) is 10.0 Å². The zero-order valence-corrected chi connectivity index (χ0v) is 16.6. The molecule has 0 spiro atoms. The number of nitrogens with zero attached hydrogens (tertiary/aromatic N) is 1. The minimum Gasteiger partial charge on any atom is -0.382 e. The second-order valence-corrected chi connectivity index (χ2v) is 9.21. The maximum atomic E-state index is 12.7. The summed E-state index contributed by atoms with van der Waals surface area (Å²) in [7, 11) is -3.54.